The average molecular weight is 333 g/mol. The predicted octanol–water partition coefficient (Wildman–Crippen LogP) is 3.82. The molecule has 2 N–H and O–H groups in total. The van der Waals surface area contributed by atoms with E-state index in [1.165, 1.54) is 0 Å². The van der Waals surface area contributed by atoms with Gasteiger partial charge in [-0.15, -0.1) is 0 Å². The van der Waals surface area contributed by atoms with Gasteiger partial charge in [0.2, 0.25) is 12.7 Å². The molecule has 2 aromatic carbocycles. The zero-order valence-corrected chi connectivity index (χ0v) is 13.4. The standard InChI is InChI=1S/C17H17ClN2O3/c1-11-13(18)3-2-4-14(11)19-8-7-17(21)20-12-5-6-15-16(9-12)23-10-22-15/h2-6,9,19H,7-8,10H2,1H3,(H,20,21). The minimum absolute atomic E-state index is 0.0731. The number of hydrogen-bond donors (Lipinski definition) is 2. The zero-order chi connectivity index (χ0) is 16.2. The van der Waals surface area contributed by atoms with Crippen LogP contribution in [0.15, 0.2) is 36.4 Å². The lowest BCUT2D eigenvalue weighted by molar-refractivity contribution is -0.115. The molecular weight excluding hydrogens is 316 g/mol. The Labute approximate surface area is 139 Å². The number of anilines is 2. The van der Waals surface area contributed by atoms with Gasteiger partial charge in [0.25, 0.3) is 0 Å². The fourth-order valence-corrected chi connectivity index (χ4v) is 2.48. The van der Waals surface area contributed by atoms with Crippen molar-refractivity contribution >= 4 is 28.9 Å². The van der Waals surface area contributed by atoms with Crippen LogP contribution in [0.2, 0.25) is 5.02 Å². The van der Waals surface area contributed by atoms with E-state index >= 15 is 0 Å². The van der Waals surface area contributed by atoms with Crippen LogP contribution in [0, 0.1) is 6.92 Å². The van der Waals surface area contributed by atoms with Crippen molar-refractivity contribution in [3.8, 4) is 11.5 Å². The number of carbonyl (C=O) groups excluding carboxylic acids is 1. The number of rotatable bonds is 5. The summed E-state index contributed by atoms with van der Waals surface area (Å²) in [6, 6.07) is 11.0. The van der Waals surface area contributed by atoms with Gasteiger partial charge in [-0.1, -0.05) is 17.7 Å². The van der Waals surface area contributed by atoms with Crippen molar-refractivity contribution < 1.29 is 14.3 Å². The van der Waals surface area contributed by atoms with E-state index in [1.807, 2.05) is 25.1 Å². The smallest absolute Gasteiger partial charge is 0.231 e. The van der Waals surface area contributed by atoms with Gasteiger partial charge in [-0.3, -0.25) is 4.79 Å². The lowest BCUT2D eigenvalue weighted by Gasteiger charge is -2.11. The molecule has 1 heterocycles. The molecule has 0 aliphatic carbocycles. The molecule has 0 atom stereocenters. The monoisotopic (exact) mass is 332 g/mol. The Morgan fingerprint density at radius 2 is 2.04 bits per heavy atom. The van der Waals surface area contributed by atoms with Crippen LogP contribution >= 0.6 is 11.6 Å². The molecule has 0 unspecified atom stereocenters. The Balaban J connectivity index is 1.51. The first kappa shape index (κ1) is 15.5. The lowest BCUT2D eigenvalue weighted by atomic mass is 10.2. The Morgan fingerprint density at radius 1 is 1.22 bits per heavy atom. The van der Waals surface area contributed by atoms with Crippen LogP contribution in [-0.2, 0) is 4.79 Å². The number of nitrogens with one attached hydrogen (secondary N) is 2. The summed E-state index contributed by atoms with van der Waals surface area (Å²) in [4.78, 5) is 12.0. The molecule has 0 fully saturated rings. The highest BCUT2D eigenvalue weighted by atomic mass is 35.5. The molecule has 5 nitrogen and oxygen atoms in total. The second-order valence-electron chi connectivity index (χ2n) is 5.21. The highest BCUT2D eigenvalue weighted by molar-refractivity contribution is 6.31. The van der Waals surface area contributed by atoms with Gasteiger partial charge in [0.15, 0.2) is 11.5 Å². The first-order valence-corrected chi connectivity index (χ1v) is 7.70. The van der Waals surface area contributed by atoms with Gasteiger partial charge in [0.05, 0.1) is 0 Å². The van der Waals surface area contributed by atoms with Crippen molar-refractivity contribution in [1.29, 1.82) is 0 Å². The second-order valence-corrected chi connectivity index (χ2v) is 5.61. The molecule has 1 aliphatic heterocycles. The van der Waals surface area contributed by atoms with E-state index in [0.29, 0.717) is 35.2 Å². The van der Waals surface area contributed by atoms with Gasteiger partial charge < -0.3 is 20.1 Å². The number of hydrogen-bond acceptors (Lipinski definition) is 4. The molecule has 0 bridgehead atoms. The van der Waals surface area contributed by atoms with E-state index in [0.717, 1.165) is 11.3 Å². The zero-order valence-electron chi connectivity index (χ0n) is 12.7. The quantitative estimate of drug-likeness (QED) is 0.874. The van der Waals surface area contributed by atoms with Gasteiger partial charge in [0, 0.05) is 35.4 Å². The molecule has 0 saturated carbocycles. The first-order valence-electron chi connectivity index (χ1n) is 7.32. The highest BCUT2D eigenvalue weighted by Gasteiger charge is 2.14. The molecule has 0 radical (unpaired) electrons. The second kappa shape index (κ2) is 6.79. The van der Waals surface area contributed by atoms with E-state index in [2.05, 4.69) is 10.6 Å². The van der Waals surface area contributed by atoms with Crippen molar-refractivity contribution in [2.45, 2.75) is 13.3 Å². The summed E-state index contributed by atoms with van der Waals surface area (Å²) < 4.78 is 10.5. The summed E-state index contributed by atoms with van der Waals surface area (Å²) >= 11 is 6.07. The van der Waals surface area contributed by atoms with Gasteiger partial charge >= 0.3 is 0 Å². The Morgan fingerprint density at radius 3 is 2.91 bits per heavy atom. The van der Waals surface area contributed by atoms with Crippen LogP contribution in [0.1, 0.15) is 12.0 Å². The number of ether oxygens (including phenoxy) is 2. The van der Waals surface area contributed by atoms with E-state index in [4.69, 9.17) is 21.1 Å². The molecule has 23 heavy (non-hydrogen) atoms. The average Bonchev–Trinajstić information content (AvgIpc) is 2.99. The summed E-state index contributed by atoms with van der Waals surface area (Å²) in [5.74, 6) is 1.27. The van der Waals surface area contributed by atoms with Crippen molar-refractivity contribution in [2.24, 2.45) is 0 Å². The Hall–Kier alpha value is -2.40. The largest absolute Gasteiger partial charge is 0.454 e. The number of benzene rings is 2. The van der Waals surface area contributed by atoms with E-state index in [9.17, 15) is 4.79 Å². The maximum atomic E-state index is 12.0. The normalized spacial score (nSPS) is 12.1. The number of carbonyl (C=O) groups is 1. The van der Waals surface area contributed by atoms with Crippen molar-refractivity contribution in [3.63, 3.8) is 0 Å². The summed E-state index contributed by atoms with van der Waals surface area (Å²) in [6.07, 6.45) is 0.348. The van der Waals surface area contributed by atoms with Crippen LogP contribution in [0.3, 0.4) is 0 Å². The minimum Gasteiger partial charge on any atom is -0.454 e. The Bertz CT molecular complexity index is 734. The molecule has 2 aromatic rings. The van der Waals surface area contributed by atoms with Crippen LogP contribution in [-0.4, -0.2) is 19.2 Å². The van der Waals surface area contributed by atoms with E-state index in [-0.39, 0.29) is 12.7 Å². The molecule has 1 aliphatic rings. The van der Waals surface area contributed by atoms with Crippen LogP contribution < -0.4 is 20.1 Å². The molecule has 0 saturated heterocycles. The molecule has 6 heteroatoms. The molecule has 120 valence electrons. The molecule has 0 aromatic heterocycles. The third kappa shape index (κ3) is 3.68. The molecule has 1 amide bonds. The molecule has 3 rings (SSSR count). The SMILES string of the molecule is Cc1c(Cl)cccc1NCCC(=O)Nc1ccc2c(c1)OCO2. The molecular formula is C17H17ClN2O3. The van der Waals surface area contributed by atoms with Crippen molar-refractivity contribution in [2.75, 3.05) is 24.0 Å². The summed E-state index contributed by atoms with van der Waals surface area (Å²) in [6.45, 7) is 2.69. The van der Waals surface area contributed by atoms with Crippen LogP contribution in [0.5, 0.6) is 11.5 Å². The minimum atomic E-state index is -0.0731. The van der Waals surface area contributed by atoms with E-state index < -0.39 is 0 Å². The van der Waals surface area contributed by atoms with Crippen LogP contribution in [0.4, 0.5) is 11.4 Å². The third-order valence-electron chi connectivity index (χ3n) is 3.59. The summed E-state index contributed by atoms with van der Waals surface area (Å²) in [7, 11) is 0. The van der Waals surface area contributed by atoms with Gasteiger partial charge in [-0.2, -0.15) is 0 Å². The first-order chi connectivity index (χ1) is 11.1. The Kier molecular flexibility index (Phi) is 4.57. The summed E-state index contributed by atoms with van der Waals surface area (Å²) in [5.41, 5.74) is 2.61. The maximum Gasteiger partial charge on any atom is 0.231 e. The third-order valence-corrected chi connectivity index (χ3v) is 4.00. The highest BCUT2D eigenvalue weighted by Crippen LogP contribution is 2.34. The fraction of sp³-hybridized carbons (Fsp3) is 0.235. The summed E-state index contributed by atoms with van der Waals surface area (Å²) in [5, 5.41) is 6.77. The van der Waals surface area contributed by atoms with Gasteiger partial charge in [0.1, 0.15) is 0 Å². The number of fused-ring (bicyclic) bond motifs is 1. The van der Waals surface area contributed by atoms with Crippen molar-refractivity contribution in [3.05, 3.63) is 47.0 Å². The van der Waals surface area contributed by atoms with Gasteiger partial charge in [-0.05, 0) is 36.8 Å². The fourth-order valence-electron chi connectivity index (χ4n) is 2.31. The van der Waals surface area contributed by atoms with E-state index in [1.54, 1.807) is 18.2 Å². The van der Waals surface area contributed by atoms with Crippen LogP contribution in [0.25, 0.3) is 0 Å². The molecule has 0 spiro atoms. The predicted molar refractivity (Wildman–Crippen MR) is 90.5 cm³/mol. The topological polar surface area (TPSA) is 59.6 Å². The van der Waals surface area contributed by atoms with Crippen molar-refractivity contribution in [1.82, 2.24) is 0 Å². The lowest BCUT2D eigenvalue weighted by Crippen LogP contribution is -2.16. The number of halogens is 1. The number of amides is 1. The van der Waals surface area contributed by atoms with Gasteiger partial charge in [-0.25, -0.2) is 0 Å². The maximum absolute atomic E-state index is 12.0.